The molecular formula is C39H46N4O6S2. The standard InChI is InChI=1S/C37H40N4.2CH4O3S/c1-7-21-37(22-8-2)29-23-25(35-38(3)31-13-9-10-14-32(31)39(35)4)17-19-27(29)28-20-18-26(24-30(28)37)36-40(5)33-15-11-12-16-34(33)41(36)6;2*1-5(2,3)4/h9-20,23-24H,7-8,21-22H2,1-6H3;2*1H3,(H,2,3,4)/q+2;;/p-2. The van der Waals surface area contributed by atoms with Crippen LogP contribution in [0.5, 0.6) is 0 Å². The monoisotopic (exact) mass is 730 g/mol. The third-order valence-corrected chi connectivity index (χ3v) is 9.71. The smallest absolute Gasteiger partial charge is 0.289 e. The summed E-state index contributed by atoms with van der Waals surface area (Å²) in [5.41, 5.74) is 13.4. The molecule has 0 fully saturated rings. The van der Waals surface area contributed by atoms with Crippen LogP contribution in [0, 0.1) is 0 Å². The fraction of sp³-hybridized carbons (Fsp3) is 0.333. The summed E-state index contributed by atoms with van der Waals surface area (Å²) >= 11 is 0. The number of nitrogens with zero attached hydrogens (tertiary/aromatic N) is 4. The Hall–Kier alpha value is -4.36. The van der Waals surface area contributed by atoms with Gasteiger partial charge in [-0.1, -0.05) is 63.1 Å². The van der Waals surface area contributed by atoms with Crippen LogP contribution in [-0.4, -0.2) is 47.6 Å². The summed E-state index contributed by atoms with van der Waals surface area (Å²) in [6.45, 7) is 4.69. The van der Waals surface area contributed by atoms with Crippen molar-refractivity contribution in [2.24, 2.45) is 28.2 Å². The van der Waals surface area contributed by atoms with Crippen molar-refractivity contribution in [3.63, 3.8) is 0 Å². The first-order chi connectivity index (χ1) is 23.9. The van der Waals surface area contributed by atoms with Crippen LogP contribution in [-0.2, 0) is 53.8 Å². The Bertz CT molecular complexity index is 2210. The van der Waals surface area contributed by atoms with Crippen LogP contribution in [0.2, 0.25) is 0 Å². The lowest BCUT2D eigenvalue weighted by Crippen LogP contribution is -2.30. The molecule has 51 heavy (non-hydrogen) atoms. The first-order valence-electron chi connectivity index (χ1n) is 16.9. The molecule has 0 atom stereocenters. The van der Waals surface area contributed by atoms with Gasteiger partial charge >= 0.3 is 0 Å². The molecule has 0 bridgehead atoms. The lowest BCUT2D eigenvalue weighted by atomic mass is 9.71. The van der Waals surface area contributed by atoms with Gasteiger partial charge in [0, 0.05) is 17.9 Å². The van der Waals surface area contributed by atoms with Crippen molar-refractivity contribution in [2.75, 3.05) is 12.5 Å². The number of aromatic nitrogens is 4. The van der Waals surface area contributed by atoms with E-state index < -0.39 is 20.2 Å². The molecule has 0 saturated carbocycles. The molecule has 0 amide bonds. The molecule has 0 aliphatic heterocycles. The summed E-state index contributed by atoms with van der Waals surface area (Å²) in [5, 5.41) is 0. The van der Waals surface area contributed by atoms with Crippen LogP contribution in [0.3, 0.4) is 0 Å². The van der Waals surface area contributed by atoms with E-state index in [-0.39, 0.29) is 5.41 Å². The van der Waals surface area contributed by atoms with Gasteiger partial charge in [-0.2, -0.15) is 0 Å². The number of benzene rings is 4. The van der Waals surface area contributed by atoms with Gasteiger partial charge in [0.15, 0.2) is 22.1 Å². The van der Waals surface area contributed by atoms with Crippen LogP contribution in [0.1, 0.15) is 50.7 Å². The van der Waals surface area contributed by atoms with E-state index in [1.807, 2.05) is 0 Å². The zero-order chi connectivity index (χ0) is 37.5. The molecular weight excluding hydrogens is 685 g/mol. The minimum atomic E-state index is -3.92. The van der Waals surface area contributed by atoms with Gasteiger partial charge in [-0.05, 0) is 83.6 Å². The van der Waals surface area contributed by atoms with Crippen molar-refractivity contribution in [3.05, 3.63) is 96.1 Å². The average molecular weight is 731 g/mol. The second kappa shape index (κ2) is 14.3. The molecule has 6 aromatic rings. The normalized spacial score (nSPS) is 13.3. The summed E-state index contributed by atoms with van der Waals surface area (Å²) in [6.07, 6.45) is 5.81. The maximum atomic E-state index is 9.08. The summed E-state index contributed by atoms with van der Waals surface area (Å²) in [7, 11) is 0.949. The Morgan fingerprint density at radius 2 is 0.941 bits per heavy atom. The maximum Gasteiger partial charge on any atom is 0.289 e. The first kappa shape index (κ1) is 37.9. The molecule has 2 heterocycles. The Labute approximate surface area is 301 Å². The molecule has 7 rings (SSSR count). The van der Waals surface area contributed by atoms with Gasteiger partial charge in [0.1, 0.15) is 0 Å². The number of hydrogen-bond donors (Lipinski definition) is 0. The number of fused-ring (bicyclic) bond motifs is 5. The number of para-hydroxylation sites is 4. The lowest BCUT2D eigenvalue weighted by molar-refractivity contribution is -0.634. The van der Waals surface area contributed by atoms with Gasteiger partial charge < -0.3 is 9.11 Å². The molecule has 0 saturated heterocycles. The predicted molar refractivity (Wildman–Crippen MR) is 200 cm³/mol. The summed E-state index contributed by atoms with van der Waals surface area (Å²) in [6, 6.07) is 31.9. The number of rotatable bonds is 6. The quantitative estimate of drug-likeness (QED) is 0.156. The van der Waals surface area contributed by atoms with E-state index in [1.54, 1.807) is 0 Å². The molecule has 0 spiro atoms. The van der Waals surface area contributed by atoms with Gasteiger partial charge in [-0.15, -0.1) is 0 Å². The summed E-state index contributed by atoms with van der Waals surface area (Å²) < 4.78 is 63.8. The Morgan fingerprint density at radius 3 is 1.25 bits per heavy atom. The van der Waals surface area contributed by atoms with Crippen molar-refractivity contribution in [2.45, 2.75) is 44.9 Å². The topological polar surface area (TPSA) is 132 Å². The number of hydrogen-bond acceptors (Lipinski definition) is 6. The third-order valence-electron chi connectivity index (χ3n) is 9.71. The van der Waals surface area contributed by atoms with Crippen molar-refractivity contribution in [1.82, 2.24) is 9.13 Å². The van der Waals surface area contributed by atoms with E-state index in [2.05, 4.69) is 145 Å². The second-order valence-corrected chi connectivity index (χ2v) is 16.2. The minimum Gasteiger partial charge on any atom is -0.748 e. The zero-order valence-corrected chi connectivity index (χ0v) is 32.1. The van der Waals surface area contributed by atoms with Gasteiger partial charge in [0.2, 0.25) is 0 Å². The minimum absolute atomic E-state index is 0.00645. The Balaban J connectivity index is 0.000000447. The van der Waals surface area contributed by atoms with Crippen molar-refractivity contribution < 1.29 is 35.1 Å². The molecule has 270 valence electrons. The van der Waals surface area contributed by atoms with Gasteiger partial charge in [-0.25, -0.2) is 35.1 Å². The molecule has 12 heteroatoms. The molecule has 0 radical (unpaired) electrons. The molecule has 4 aromatic carbocycles. The van der Waals surface area contributed by atoms with Crippen molar-refractivity contribution in [3.8, 4) is 33.9 Å². The molecule has 2 aromatic heterocycles. The van der Waals surface area contributed by atoms with Crippen LogP contribution in [0.4, 0.5) is 0 Å². The fourth-order valence-electron chi connectivity index (χ4n) is 8.03. The summed E-state index contributed by atoms with van der Waals surface area (Å²) in [5.74, 6) is 2.49. The van der Waals surface area contributed by atoms with Crippen molar-refractivity contribution >= 4 is 42.3 Å². The van der Waals surface area contributed by atoms with E-state index in [0.29, 0.717) is 12.5 Å². The van der Waals surface area contributed by atoms with E-state index in [4.69, 9.17) is 25.9 Å². The second-order valence-electron chi connectivity index (χ2n) is 13.4. The first-order valence-corrected chi connectivity index (χ1v) is 20.5. The molecule has 1 aliphatic rings. The molecule has 0 N–H and O–H groups in total. The van der Waals surface area contributed by atoms with Crippen LogP contribution < -0.4 is 9.13 Å². The highest BCUT2D eigenvalue weighted by Crippen LogP contribution is 2.55. The largest absolute Gasteiger partial charge is 0.748 e. The van der Waals surface area contributed by atoms with E-state index in [0.717, 1.165) is 25.7 Å². The van der Waals surface area contributed by atoms with Crippen LogP contribution >= 0.6 is 0 Å². The fourth-order valence-corrected chi connectivity index (χ4v) is 8.03. The predicted octanol–water partition coefficient (Wildman–Crippen LogP) is 5.84. The highest BCUT2D eigenvalue weighted by Gasteiger charge is 2.43. The van der Waals surface area contributed by atoms with Gasteiger partial charge in [0.05, 0.1) is 59.6 Å². The molecule has 10 nitrogen and oxygen atoms in total. The zero-order valence-electron chi connectivity index (χ0n) is 30.5. The lowest BCUT2D eigenvalue weighted by Gasteiger charge is -2.32. The van der Waals surface area contributed by atoms with Gasteiger partial charge in [0.25, 0.3) is 11.6 Å². The molecule has 0 unspecified atom stereocenters. The van der Waals surface area contributed by atoms with Crippen LogP contribution in [0.15, 0.2) is 84.9 Å². The average Bonchev–Trinajstić information content (AvgIpc) is 3.57. The highest BCUT2D eigenvalue weighted by molar-refractivity contribution is 7.85. The Morgan fingerprint density at radius 1 is 0.608 bits per heavy atom. The highest BCUT2D eigenvalue weighted by atomic mass is 32.2. The van der Waals surface area contributed by atoms with E-state index in [9.17, 15) is 0 Å². The molecule has 1 aliphatic carbocycles. The maximum absolute atomic E-state index is 9.08. The van der Waals surface area contributed by atoms with E-state index >= 15 is 0 Å². The van der Waals surface area contributed by atoms with Gasteiger partial charge in [-0.3, -0.25) is 0 Å². The van der Waals surface area contributed by atoms with Crippen molar-refractivity contribution in [1.29, 1.82) is 0 Å². The third kappa shape index (κ3) is 7.50. The summed E-state index contributed by atoms with van der Waals surface area (Å²) in [4.78, 5) is 0. The Kier molecular flexibility index (Phi) is 10.7. The number of aryl methyl sites for hydroxylation is 4. The van der Waals surface area contributed by atoms with Crippen LogP contribution in [0.25, 0.3) is 56.0 Å². The van der Waals surface area contributed by atoms with E-state index in [1.165, 1.54) is 67.1 Å². The number of imidazole rings is 2. The SMILES string of the molecule is CCCC1(CCC)c2cc(-c3n(C)c4ccccc4[n+]3C)ccc2-c2ccc(-c3n(C)c4ccccc4[n+]3C)cc21.CS(=O)(=O)[O-].CS(=O)(=O)[O-].